The number of halogens is 3. The predicted molar refractivity (Wildman–Crippen MR) is 161 cm³/mol. The number of esters is 1. The normalized spacial score (nSPS) is 14.3. The fraction of sp³-hybridized carbons (Fsp3) is 0.370. The Bertz CT molecular complexity index is 1220. The van der Waals surface area contributed by atoms with Gasteiger partial charge in [0, 0.05) is 28.6 Å². The molecule has 1 fully saturated rings. The maximum atomic E-state index is 13.0. The molecule has 0 atom stereocenters. The van der Waals surface area contributed by atoms with Crippen molar-refractivity contribution in [1.82, 2.24) is 4.90 Å². The van der Waals surface area contributed by atoms with Crippen LogP contribution in [0, 0.1) is 0 Å². The van der Waals surface area contributed by atoms with Crippen LogP contribution in [0.1, 0.15) is 50.7 Å². The molecule has 2 aromatic carbocycles. The van der Waals surface area contributed by atoms with Crippen LogP contribution in [0.4, 0.5) is 0 Å². The summed E-state index contributed by atoms with van der Waals surface area (Å²) in [6.07, 6.45) is 4.46. The van der Waals surface area contributed by atoms with Crippen LogP contribution in [-0.4, -0.2) is 40.9 Å². The van der Waals surface area contributed by atoms with Gasteiger partial charge in [0.15, 0.2) is 11.5 Å². The molecule has 0 N–H and O–H groups in total. The van der Waals surface area contributed by atoms with Crippen molar-refractivity contribution in [3.63, 3.8) is 0 Å². The molecule has 1 heterocycles. The zero-order valence-electron chi connectivity index (χ0n) is 21.1. The number of hydrogen-bond acceptors (Lipinski definition) is 7. The zero-order chi connectivity index (χ0) is 27.7. The molecule has 0 aliphatic carbocycles. The first-order valence-electron chi connectivity index (χ1n) is 12.2. The molecule has 1 amide bonds. The molecule has 3 rings (SSSR count). The van der Waals surface area contributed by atoms with Gasteiger partial charge < -0.3 is 14.2 Å². The van der Waals surface area contributed by atoms with Crippen molar-refractivity contribution in [2.45, 2.75) is 46.1 Å². The van der Waals surface area contributed by atoms with E-state index in [1.807, 2.05) is 25.1 Å². The first kappa shape index (κ1) is 30.8. The Kier molecular flexibility index (Phi) is 12.2. The summed E-state index contributed by atoms with van der Waals surface area (Å²) in [6.45, 7) is 5.24. The molecule has 38 heavy (non-hydrogen) atoms. The van der Waals surface area contributed by atoms with Crippen molar-refractivity contribution >= 4 is 85.4 Å². The largest absolute Gasteiger partial charge is 0.490 e. The summed E-state index contributed by atoms with van der Waals surface area (Å²) in [4.78, 5) is 26.7. The summed E-state index contributed by atoms with van der Waals surface area (Å²) >= 11 is 22.6. The summed E-state index contributed by atoms with van der Waals surface area (Å²) in [5.41, 5.74) is 1.56. The second kappa shape index (κ2) is 15.1. The summed E-state index contributed by atoms with van der Waals surface area (Å²) in [5, 5.41) is 1.07. The molecule has 1 aliphatic heterocycles. The monoisotopic (exact) mass is 659 g/mol. The average Bonchev–Trinajstić information content (AvgIpc) is 3.12. The van der Waals surface area contributed by atoms with Gasteiger partial charge in [0.05, 0.1) is 22.6 Å². The third-order valence-electron chi connectivity index (χ3n) is 5.46. The number of carbonyl (C=O) groups excluding carboxylic acids is 2. The minimum atomic E-state index is -0.191. The standard InChI is InChI=1S/C27H28BrCl2NO5S2/c1-3-34-22-13-17(12-20(28)25(22)36-16-18-9-10-19(29)15-21(18)30)14-23-26(33)31(27(37)38-23)11-7-5-6-8-24(32)35-4-2/h9-10,12-15H,3-8,11,16H2,1-2H3/b23-14-. The van der Waals surface area contributed by atoms with Crippen LogP contribution >= 0.6 is 63.1 Å². The summed E-state index contributed by atoms with van der Waals surface area (Å²) in [7, 11) is 0. The van der Waals surface area contributed by atoms with Gasteiger partial charge in [-0.25, -0.2) is 0 Å². The third kappa shape index (κ3) is 8.61. The van der Waals surface area contributed by atoms with Crippen LogP contribution in [0.2, 0.25) is 10.0 Å². The maximum Gasteiger partial charge on any atom is 0.305 e. The van der Waals surface area contributed by atoms with E-state index in [9.17, 15) is 9.59 Å². The summed E-state index contributed by atoms with van der Waals surface area (Å²) in [6, 6.07) is 8.93. The molecule has 1 saturated heterocycles. The first-order valence-corrected chi connectivity index (χ1v) is 14.9. The topological polar surface area (TPSA) is 65.1 Å². The molecule has 6 nitrogen and oxygen atoms in total. The van der Waals surface area contributed by atoms with E-state index in [-0.39, 0.29) is 18.5 Å². The number of carbonyl (C=O) groups is 2. The van der Waals surface area contributed by atoms with Crippen molar-refractivity contribution in [2.75, 3.05) is 19.8 Å². The van der Waals surface area contributed by atoms with Crippen LogP contribution in [0.3, 0.4) is 0 Å². The molecule has 204 valence electrons. The number of rotatable bonds is 13. The van der Waals surface area contributed by atoms with Crippen LogP contribution in [-0.2, 0) is 20.9 Å². The SMILES string of the molecule is CCOC(=O)CCCCCN1C(=O)/C(=C/c2cc(Br)c(OCc3ccc(Cl)cc3Cl)c(OCC)c2)SC1=S. The molecule has 2 aromatic rings. The molecule has 0 bridgehead atoms. The second-order valence-electron chi connectivity index (χ2n) is 8.24. The van der Waals surface area contributed by atoms with Gasteiger partial charge in [0.25, 0.3) is 5.91 Å². The Balaban J connectivity index is 1.67. The smallest absolute Gasteiger partial charge is 0.305 e. The van der Waals surface area contributed by atoms with E-state index in [0.717, 1.165) is 30.4 Å². The Morgan fingerprint density at radius 2 is 1.89 bits per heavy atom. The minimum absolute atomic E-state index is 0.128. The molecular weight excluding hydrogens is 633 g/mol. The van der Waals surface area contributed by atoms with E-state index in [1.165, 1.54) is 11.8 Å². The fourth-order valence-electron chi connectivity index (χ4n) is 3.66. The third-order valence-corrected chi connectivity index (χ3v) is 8.01. The lowest BCUT2D eigenvalue weighted by Gasteiger charge is -2.15. The average molecular weight is 661 g/mol. The van der Waals surface area contributed by atoms with Gasteiger partial charge in [0.2, 0.25) is 0 Å². The Labute approximate surface area is 251 Å². The molecule has 0 saturated carbocycles. The fourth-order valence-corrected chi connectivity index (χ4v) is 6.00. The van der Waals surface area contributed by atoms with E-state index in [1.54, 1.807) is 30.0 Å². The van der Waals surface area contributed by atoms with Gasteiger partial charge in [-0.15, -0.1) is 0 Å². The van der Waals surface area contributed by atoms with Crippen molar-refractivity contribution in [3.8, 4) is 11.5 Å². The van der Waals surface area contributed by atoms with Crippen molar-refractivity contribution < 1.29 is 23.8 Å². The van der Waals surface area contributed by atoms with E-state index in [0.29, 0.717) is 61.4 Å². The lowest BCUT2D eigenvalue weighted by Crippen LogP contribution is -2.29. The Hall–Kier alpha value is -1.78. The van der Waals surface area contributed by atoms with Gasteiger partial charge >= 0.3 is 5.97 Å². The first-order chi connectivity index (χ1) is 18.2. The van der Waals surface area contributed by atoms with E-state index >= 15 is 0 Å². The molecule has 0 spiro atoms. The van der Waals surface area contributed by atoms with Crippen LogP contribution < -0.4 is 9.47 Å². The predicted octanol–water partition coefficient (Wildman–Crippen LogP) is 8.06. The second-order valence-corrected chi connectivity index (χ2v) is 11.6. The number of ether oxygens (including phenoxy) is 3. The van der Waals surface area contributed by atoms with E-state index < -0.39 is 0 Å². The van der Waals surface area contributed by atoms with E-state index in [4.69, 9.17) is 49.6 Å². The Morgan fingerprint density at radius 1 is 1.11 bits per heavy atom. The van der Waals surface area contributed by atoms with Gasteiger partial charge in [-0.05, 0) is 78.5 Å². The highest BCUT2D eigenvalue weighted by molar-refractivity contribution is 9.10. The van der Waals surface area contributed by atoms with Gasteiger partial charge in [-0.1, -0.05) is 59.7 Å². The lowest BCUT2D eigenvalue weighted by atomic mass is 10.1. The zero-order valence-corrected chi connectivity index (χ0v) is 25.8. The molecule has 0 aromatic heterocycles. The maximum absolute atomic E-state index is 13.0. The number of benzene rings is 2. The Morgan fingerprint density at radius 3 is 2.61 bits per heavy atom. The van der Waals surface area contributed by atoms with Gasteiger partial charge in [0.1, 0.15) is 10.9 Å². The highest BCUT2D eigenvalue weighted by Gasteiger charge is 2.31. The highest BCUT2D eigenvalue weighted by atomic mass is 79.9. The molecule has 1 aliphatic rings. The van der Waals surface area contributed by atoms with Crippen LogP contribution in [0.5, 0.6) is 11.5 Å². The molecule has 0 radical (unpaired) electrons. The highest BCUT2D eigenvalue weighted by Crippen LogP contribution is 2.40. The minimum Gasteiger partial charge on any atom is -0.490 e. The number of hydrogen-bond donors (Lipinski definition) is 0. The van der Waals surface area contributed by atoms with Crippen molar-refractivity contribution in [2.24, 2.45) is 0 Å². The van der Waals surface area contributed by atoms with Gasteiger partial charge in [-0.2, -0.15) is 0 Å². The quantitative estimate of drug-likeness (QED) is 0.0932. The molecular formula is C27H28BrCl2NO5S2. The number of thiocarbonyl (C=S) groups is 1. The summed E-state index contributed by atoms with van der Waals surface area (Å²) in [5.74, 6) is 0.752. The number of amides is 1. The lowest BCUT2D eigenvalue weighted by molar-refractivity contribution is -0.143. The number of nitrogens with zero attached hydrogens (tertiary/aromatic N) is 1. The number of thioether (sulfide) groups is 1. The van der Waals surface area contributed by atoms with Crippen molar-refractivity contribution in [1.29, 1.82) is 0 Å². The van der Waals surface area contributed by atoms with Crippen molar-refractivity contribution in [3.05, 3.63) is 60.9 Å². The number of unbranched alkanes of at least 4 members (excludes halogenated alkanes) is 2. The van der Waals surface area contributed by atoms with Crippen LogP contribution in [0.15, 0.2) is 39.7 Å². The molecule has 11 heteroatoms. The van der Waals surface area contributed by atoms with Crippen LogP contribution in [0.25, 0.3) is 6.08 Å². The molecule has 0 unspecified atom stereocenters. The van der Waals surface area contributed by atoms with Gasteiger partial charge in [-0.3, -0.25) is 14.5 Å². The van der Waals surface area contributed by atoms with E-state index in [2.05, 4.69) is 15.9 Å². The summed E-state index contributed by atoms with van der Waals surface area (Å²) < 4.78 is 18.0.